The number of nitrogens with two attached hydrogens (primary N) is 1. The van der Waals surface area contributed by atoms with E-state index in [-0.39, 0.29) is 12.5 Å². The summed E-state index contributed by atoms with van der Waals surface area (Å²) in [5, 5.41) is 0.989. The van der Waals surface area contributed by atoms with E-state index in [2.05, 4.69) is 4.99 Å². The average molecular weight is 351 g/mol. The van der Waals surface area contributed by atoms with Crippen LogP contribution >= 0.6 is 0 Å². The van der Waals surface area contributed by atoms with E-state index >= 15 is 0 Å². The van der Waals surface area contributed by atoms with Crippen LogP contribution in [0, 0.1) is 5.92 Å². The number of ether oxygens (including phenoxy) is 1. The van der Waals surface area contributed by atoms with Crippen LogP contribution in [-0.2, 0) is 20.9 Å². The van der Waals surface area contributed by atoms with Crippen LogP contribution in [0.15, 0.2) is 59.6 Å². The Bertz CT molecular complexity index is 846. The first kappa shape index (κ1) is 17.8. The lowest BCUT2D eigenvalue weighted by atomic mass is 9.98. The standard InChI is InChI=1S/C20H21N3O3/c1-13(2)17-15-10-6-7-11-16(15)23(21)19(24)18(22-17)20(25)26-12-14-8-4-3-5-9-14/h3-11,13,18H,12,21H2,1-2H3. The molecule has 0 spiro atoms. The molecular formula is C20H21N3O3. The molecule has 1 aliphatic heterocycles. The zero-order valence-corrected chi connectivity index (χ0v) is 14.8. The molecule has 1 heterocycles. The van der Waals surface area contributed by atoms with Gasteiger partial charge in [0.2, 0.25) is 6.04 Å². The fraction of sp³-hybridized carbons (Fsp3) is 0.250. The number of carbonyl (C=O) groups is 2. The van der Waals surface area contributed by atoms with E-state index in [4.69, 9.17) is 10.6 Å². The van der Waals surface area contributed by atoms with Gasteiger partial charge in [0.15, 0.2) is 0 Å². The Hall–Kier alpha value is -2.99. The highest BCUT2D eigenvalue weighted by Gasteiger charge is 2.36. The third-order valence-electron chi connectivity index (χ3n) is 4.17. The normalized spacial score (nSPS) is 16.8. The molecule has 1 amide bonds. The highest BCUT2D eigenvalue weighted by atomic mass is 16.5. The summed E-state index contributed by atoms with van der Waals surface area (Å²) in [5.41, 5.74) is 2.77. The molecule has 1 aliphatic rings. The number of rotatable bonds is 4. The third kappa shape index (κ3) is 3.50. The number of hydrogen-bond donors (Lipinski definition) is 1. The van der Waals surface area contributed by atoms with E-state index in [9.17, 15) is 9.59 Å². The SMILES string of the molecule is CC(C)C1=NC(C(=O)OCc2ccccc2)C(=O)N(N)c2ccccc21. The molecule has 26 heavy (non-hydrogen) atoms. The maximum absolute atomic E-state index is 12.7. The predicted molar refractivity (Wildman–Crippen MR) is 99.5 cm³/mol. The summed E-state index contributed by atoms with van der Waals surface area (Å²) in [7, 11) is 0. The first-order valence-electron chi connectivity index (χ1n) is 8.45. The van der Waals surface area contributed by atoms with E-state index < -0.39 is 17.9 Å². The molecule has 6 heteroatoms. The topological polar surface area (TPSA) is 85.0 Å². The largest absolute Gasteiger partial charge is 0.459 e. The Morgan fingerprint density at radius 1 is 1.15 bits per heavy atom. The molecule has 134 valence electrons. The Labute approximate surface area is 152 Å². The summed E-state index contributed by atoms with van der Waals surface area (Å²) >= 11 is 0. The molecule has 1 atom stereocenters. The van der Waals surface area contributed by atoms with E-state index in [0.29, 0.717) is 11.4 Å². The van der Waals surface area contributed by atoms with Gasteiger partial charge in [0, 0.05) is 11.3 Å². The lowest BCUT2D eigenvalue weighted by molar-refractivity contribution is -0.149. The van der Waals surface area contributed by atoms with Crippen molar-refractivity contribution in [1.82, 2.24) is 0 Å². The minimum absolute atomic E-state index is 0.0138. The molecule has 0 saturated carbocycles. The smallest absolute Gasteiger partial charge is 0.341 e. The maximum Gasteiger partial charge on any atom is 0.341 e. The summed E-state index contributed by atoms with van der Waals surface area (Å²) in [5.74, 6) is 4.69. The molecule has 1 unspecified atom stereocenters. The van der Waals surface area contributed by atoms with Gasteiger partial charge in [-0.15, -0.1) is 0 Å². The molecular weight excluding hydrogens is 330 g/mol. The van der Waals surface area contributed by atoms with Crippen molar-refractivity contribution in [1.29, 1.82) is 0 Å². The van der Waals surface area contributed by atoms with Crippen LogP contribution in [0.4, 0.5) is 5.69 Å². The van der Waals surface area contributed by atoms with E-state index in [1.807, 2.05) is 56.3 Å². The van der Waals surface area contributed by atoms with Gasteiger partial charge in [-0.3, -0.25) is 9.79 Å². The summed E-state index contributed by atoms with van der Waals surface area (Å²) in [6.07, 6.45) is 0. The minimum atomic E-state index is -1.31. The van der Waals surface area contributed by atoms with E-state index in [0.717, 1.165) is 16.1 Å². The highest BCUT2D eigenvalue weighted by molar-refractivity contribution is 6.18. The fourth-order valence-corrected chi connectivity index (χ4v) is 2.84. The Morgan fingerprint density at radius 3 is 2.50 bits per heavy atom. The second kappa shape index (κ2) is 7.49. The van der Waals surface area contributed by atoms with Gasteiger partial charge in [0.1, 0.15) is 6.61 Å². The van der Waals surface area contributed by atoms with Gasteiger partial charge in [-0.1, -0.05) is 62.4 Å². The van der Waals surface area contributed by atoms with Crippen LogP contribution in [0.3, 0.4) is 0 Å². The van der Waals surface area contributed by atoms with Crippen molar-refractivity contribution in [2.45, 2.75) is 26.5 Å². The van der Waals surface area contributed by atoms with E-state index in [1.54, 1.807) is 12.1 Å². The number of nitrogens with zero attached hydrogens (tertiary/aromatic N) is 2. The molecule has 0 bridgehead atoms. The maximum atomic E-state index is 12.7. The van der Waals surface area contributed by atoms with Crippen LogP contribution in [0.5, 0.6) is 0 Å². The predicted octanol–water partition coefficient (Wildman–Crippen LogP) is 2.46. The number of esters is 1. The zero-order chi connectivity index (χ0) is 18.7. The monoisotopic (exact) mass is 351 g/mol. The molecule has 2 aromatic rings. The van der Waals surface area contributed by atoms with Crippen molar-refractivity contribution in [3.63, 3.8) is 0 Å². The number of para-hydroxylation sites is 1. The number of aliphatic imine (C=N–C) groups is 1. The number of benzodiazepines with no additional fused rings is 1. The number of hydrogen-bond acceptors (Lipinski definition) is 5. The van der Waals surface area contributed by atoms with Crippen LogP contribution in [0.25, 0.3) is 0 Å². The summed E-state index contributed by atoms with van der Waals surface area (Å²) in [4.78, 5) is 29.7. The third-order valence-corrected chi connectivity index (χ3v) is 4.17. The van der Waals surface area contributed by atoms with Crippen LogP contribution in [-0.4, -0.2) is 23.6 Å². The van der Waals surface area contributed by atoms with Gasteiger partial charge < -0.3 is 4.74 Å². The van der Waals surface area contributed by atoms with Crippen LogP contribution in [0.2, 0.25) is 0 Å². The van der Waals surface area contributed by atoms with Crippen molar-refractivity contribution in [3.8, 4) is 0 Å². The molecule has 0 radical (unpaired) electrons. The first-order valence-corrected chi connectivity index (χ1v) is 8.45. The quantitative estimate of drug-likeness (QED) is 0.397. The van der Waals surface area contributed by atoms with Gasteiger partial charge in [-0.05, 0) is 17.5 Å². The van der Waals surface area contributed by atoms with Crippen molar-refractivity contribution >= 4 is 23.3 Å². The van der Waals surface area contributed by atoms with Crippen LogP contribution in [0.1, 0.15) is 25.0 Å². The lowest BCUT2D eigenvalue weighted by Crippen LogP contribution is -2.46. The van der Waals surface area contributed by atoms with Crippen molar-refractivity contribution < 1.29 is 14.3 Å². The number of hydrazine groups is 1. The van der Waals surface area contributed by atoms with Gasteiger partial charge in [-0.25, -0.2) is 15.6 Å². The van der Waals surface area contributed by atoms with Gasteiger partial charge in [0.05, 0.1) is 5.69 Å². The highest BCUT2D eigenvalue weighted by Crippen LogP contribution is 2.26. The van der Waals surface area contributed by atoms with Crippen molar-refractivity contribution in [2.24, 2.45) is 16.8 Å². The Kier molecular flexibility index (Phi) is 5.14. The number of amides is 1. The van der Waals surface area contributed by atoms with Gasteiger partial charge in [-0.2, -0.15) is 0 Å². The molecule has 3 rings (SSSR count). The summed E-state index contributed by atoms with van der Waals surface area (Å²) in [6, 6.07) is 15.2. The number of anilines is 1. The molecule has 0 saturated heterocycles. The molecule has 6 nitrogen and oxygen atoms in total. The van der Waals surface area contributed by atoms with Gasteiger partial charge in [0.25, 0.3) is 5.91 Å². The van der Waals surface area contributed by atoms with Crippen molar-refractivity contribution in [3.05, 3.63) is 65.7 Å². The van der Waals surface area contributed by atoms with E-state index in [1.165, 1.54) is 0 Å². The molecule has 0 aromatic heterocycles. The lowest BCUT2D eigenvalue weighted by Gasteiger charge is -2.19. The molecule has 2 aromatic carbocycles. The Balaban J connectivity index is 1.90. The molecule has 0 fully saturated rings. The first-order chi connectivity index (χ1) is 12.5. The van der Waals surface area contributed by atoms with Crippen LogP contribution < -0.4 is 10.9 Å². The summed E-state index contributed by atoms with van der Waals surface area (Å²) < 4.78 is 5.32. The molecule has 2 N–H and O–H groups in total. The van der Waals surface area contributed by atoms with Gasteiger partial charge >= 0.3 is 5.97 Å². The minimum Gasteiger partial charge on any atom is -0.459 e. The summed E-state index contributed by atoms with van der Waals surface area (Å²) in [6.45, 7) is 3.99. The average Bonchev–Trinajstić information content (AvgIpc) is 2.77. The second-order valence-electron chi connectivity index (χ2n) is 6.39. The number of carbonyl (C=O) groups excluding carboxylic acids is 2. The Morgan fingerprint density at radius 2 is 1.81 bits per heavy atom. The number of benzene rings is 2. The second-order valence-corrected chi connectivity index (χ2v) is 6.39. The number of fused-ring (bicyclic) bond motifs is 1. The zero-order valence-electron chi connectivity index (χ0n) is 14.8. The van der Waals surface area contributed by atoms with Crippen molar-refractivity contribution in [2.75, 3.05) is 5.01 Å². The fourth-order valence-electron chi connectivity index (χ4n) is 2.84. The molecule has 0 aliphatic carbocycles.